The summed E-state index contributed by atoms with van der Waals surface area (Å²) in [7, 11) is 1.59. The Balaban J connectivity index is 1.43. The Morgan fingerprint density at radius 3 is 2.38 bits per heavy atom. The normalized spacial score (nSPS) is 18.2. The number of methoxy groups -OCH3 is 1. The molecule has 192 valence electrons. The minimum Gasteiger partial charge on any atom is -0.497 e. The molecule has 0 aliphatic carbocycles. The van der Waals surface area contributed by atoms with E-state index in [1.54, 1.807) is 37.4 Å². The van der Waals surface area contributed by atoms with Crippen LogP contribution in [0.3, 0.4) is 0 Å². The molecule has 0 saturated carbocycles. The van der Waals surface area contributed by atoms with Crippen molar-refractivity contribution in [3.05, 3.63) is 82.9 Å². The van der Waals surface area contributed by atoms with Crippen molar-refractivity contribution < 1.29 is 33.6 Å². The fraction of sp³-hybridized carbons (Fsp3) is 0.310. The summed E-state index contributed by atoms with van der Waals surface area (Å²) in [5, 5.41) is 12.5. The third-order valence-electron chi connectivity index (χ3n) is 6.98. The number of ether oxygens (including phenoxy) is 4. The number of nitrogens with one attached hydrogen (secondary N) is 1. The van der Waals surface area contributed by atoms with Crippen LogP contribution in [0.4, 0.5) is 0 Å². The number of carbonyl (C=O) groups is 2. The fourth-order valence-corrected chi connectivity index (χ4v) is 4.66. The van der Waals surface area contributed by atoms with Crippen LogP contribution in [0.1, 0.15) is 59.5 Å². The Morgan fingerprint density at radius 1 is 0.946 bits per heavy atom. The summed E-state index contributed by atoms with van der Waals surface area (Å²) in [4.78, 5) is 25.0. The van der Waals surface area contributed by atoms with Crippen LogP contribution in [0, 0.1) is 0 Å². The first-order valence-corrected chi connectivity index (χ1v) is 12.1. The monoisotopic (exact) mass is 503 g/mol. The molecule has 0 spiro atoms. The van der Waals surface area contributed by atoms with Gasteiger partial charge < -0.3 is 29.4 Å². The van der Waals surface area contributed by atoms with Gasteiger partial charge in [-0.25, -0.2) is 4.79 Å². The van der Waals surface area contributed by atoms with Crippen LogP contribution in [-0.4, -0.2) is 37.3 Å². The summed E-state index contributed by atoms with van der Waals surface area (Å²) in [6.45, 7) is 4.73. The van der Waals surface area contributed by atoms with Crippen molar-refractivity contribution in [2.75, 3.05) is 20.3 Å². The number of aromatic carboxylic acids is 1. The van der Waals surface area contributed by atoms with E-state index < -0.39 is 11.4 Å². The number of benzene rings is 3. The van der Waals surface area contributed by atoms with Gasteiger partial charge in [0.2, 0.25) is 5.91 Å². The smallest absolute Gasteiger partial charge is 0.335 e. The fourth-order valence-electron chi connectivity index (χ4n) is 4.66. The van der Waals surface area contributed by atoms with E-state index in [0.29, 0.717) is 42.6 Å². The van der Waals surface area contributed by atoms with Gasteiger partial charge in [-0.3, -0.25) is 4.79 Å². The third kappa shape index (κ3) is 4.79. The molecule has 3 aromatic rings. The minimum atomic E-state index is -0.988. The summed E-state index contributed by atoms with van der Waals surface area (Å²) < 4.78 is 23.0. The van der Waals surface area contributed by atoms with Crippen LogP contribution in [0.2, 0.25) is 0 Å². The number of amides is 1. The van der Waals surface area contributed by atoms with Gasteiger partial charge in [-0.15, -0.1) is 0 Å². The molecule has 2 atom stereocenters. The van der Waals surface area contributed by atoms with Crippen molar-refractivity contribution in [3.8, 4) is 23.0 Å². The zero-order valence-corrected chi connectivity index (χ0v) is 20.9. The first-order valence-electron chi connectivity index (χ1n) is 12.1. The Bertz CT molecular complexity index is 1330. The zero-order chi connectivity index (χ0) is 26.2. The van der Waals surface area contributed by atoms with Gasteiger partial charge in [0.1, 0.15) is 30.8 Å². The topological polar surface area (TPSA) is 103 Å². The van der Waals surface area contributed by atoms with Gasteiger partial charge in [-0.05, 0) is 61.4 Å². The second-order valence-electron chi connectivity index (χ2n) is 9.68. The minimum absolute atomic E-state index is 0.141. The molecular formula is C29H29NO7. The highest BCUT2D eigenvalue weighted by atomic mass is 16.6. The van der Waals surface area contributed by atoms with Crippen LogP contribution < -0.4 is 24.3 Å². The molecule has 5 rings (SSSR count). The molecule has 2 aliphatic rings. The lowest BCUT2D eigenvalue weighted by Gasteiger charge is -2.35. The van der Waals surface area contributed by atoms with E-state index in [-0.39, 0.29) is 23.6 Å². The summed E-state index contributed by atoms with van der Waals surface area (Å²) >= 11 is 0. The quantitative estimate of drug-likeness (QED) is 0.497. The average Bonchev–Trinajstić information content (AvgIpc) is 2.92. The summed E-state index contributed by atoms with van der Waals surface area (Å²) in [6, 6.07) is 17.4. The van der Waals surface area contributed by atoms with E-state index in [0.717, 1.165) is 16.7 Å². The SMILES string of the molecule is COc1ccc2c(c1)O[C@@H](c1ccc(C(=O)O)cc1)C[C@H]2NC(=O)C(C)(C)c1ccc2c(c1)OCCO2. The van der Waals surface area contributed by atoms with Gasteiger partial charge in [-0.2, -0.15) is 0 Å². The highest BCUT2D eigenvalue weighted by Gasteiger charge is 2.36. The number of hydrogen-bond donors (Lipinski definition) is 2. The van der Waals surface area contributed by atoms with Crippen molar-refractivity contribution in [3.63, 3.8) is 0 Å². The van der Waals surface area contributed by atoms with E-state index in [1.807, 2.05) is 44.2 Å². The van der Waals surface area contributed by atoms with Crippen molar-refractivity contribution in [2.24, 2.45) is 0 Å². The standard InChI is InChI=1S/C29H29NO7/c1-29(2,19-8-11-23-26(14-19)36-13-12-35-23)28(33)30-22-16-24(17-4-6-18(7-5-17)27(31)32)37-25-15-20(34-3)9-10-21(22)25/h4-11,14-15,22,24H,12-13,16H2,1-3H3,(H,30,33)(H,31,32)/t22-,24-/m1/s1. The molecule has 0 saturated heterocycles. The van der Waals surface area contributed by atoms with Crippen LogP contribution in [0.15, 0.2) is 60.7 Å². The first-order chi connectivity index (χ1) is 17.8. The summed E-state index contributed by atoms with van der Waals surface area (Å²) in [5.41, 5.74) is 1.85. The van der Waals surface area contributed by atoms with Crippen LogP contribution in [0.25, 0.3) is 0 Å². The lowest BCUT2D eigenvalue weighted by atomic mass is 9.82. The number of carboxylic acids is 1. The molecule has 0 fully saturated rings. The predicted octanol–water partition coefficient (Wildman–Crippen LogP) is 4.82. The molecule has 0 bridgehead atoms. The molecule has 8 heteroatoms. The number of fused-ring (bicyclic) bond motifs is 2. The summed E-state index contributed by atoms with van der Waals surface area (Å²) in [5.74, 6) is 1.44. The molecule has 8 nitrogen and oxygen atoms in total. The molecule has 37 heavy (non-hydrogen) atoms. The molecule has 1 amide bonds. The molecular weight excluding hydrogens is 474 g/mol. The van der Waals surface area contributed by atoms with Gasteiger partial charge >= 0.3 is 5.97 Å². The highest BCUT2D eigenvalue weighted by molar-refractivity contribution is 5.88. The second kappa shape index (κ2) is 9.69. The maximum absolute atomic E-state index is 13.7. The molecule has 2 aliphatic heterocycles. The number of carboxylic acid groups (broad SMARTS) is 1. The molecule has 0 aromatic heterocycles. The first kappa shape index (κ1) is 24.5. The van der Waals surface area contributed by atoms with Gasteiger partial charge in [0, 0.05) is 18.1 Å². The van der Waals surface area contributed by atoms with E-state index in [9.17, 15) is 14.7 Å². The van der Waals surface area contributed by atoms with Gasteiger partial charge in [-0.1, -0.05) is 18.2 Å². The molecule has 2 heterocycles. The lowest BCUT2D eigenvalue weighted by molar-refractivity contribution is -0.126. The zero-order valence-electron chi connectivity index (χ0n) is 20.9. The number of carbonyl (C=O) groups excluding carboxylic acids is 1. The maximum Gasteiger partial charge on any atom is 0.335 e. The Morgan fingerprint density at radius 2 is 1.68 bits per heavy atom. The Hall–Kier alpha value is -4.20. The second-order valence-corrected chi connectivity index (χ2v) is 9.68. The van der Waals surface area contributed by atoms with Crippen molar-refractivity contribution in [2.45, 2.75) is 37.8 Å². The van der Waals surface area contributed by atoms with Gasteiger partial charge in [0.25, 0.3) is 0 Å². The third-order valence-corrected chi connectivity index (χ3v) is 6.98. The molecule has 0 radical (unpaired) electrons. The maximum atomic E-state index is 13.7. The highest BCUT2D eigenvalue weighted by Crippen LogP contribution is 2.43. The van der Waals surface area contributed by atoms with Crippen LogP contribution in [0.5, 0.6) is 23.0 Å². The van der Waals surface area contributed by atoms with Gasteiger partial charge in [0.15, 0.2) is 11.5 Å². The average molecular weight is 504 g/mol. The Kier molecular flexibility index (Phi) is 6.41. The molecule has 0 unspecified atom stereocenters. The lowest BCUT2D eigenvalue weighted by Crippen LogP contribution is -2.43. The van der Waals surface area contributed by atoms with Crippen molar-refractivity contribution in [1.82, 2.24) is 5.32 Å². The summed E-state index contributed by atoms with van der Waals surface area (Å²) in [6.07, 6.45) is 0.0967. The molecule has 2 N–H and O–H groups in total. The Labute approximate surface area is 215 Å². The van der Waals surface area contributed by atoms with Crippen molar-refractivity contribution >= 4 is 11.9 Å². The predicted molar refractivity (Wildman–Crippen MR) is 136 cm³/mol. The number of hydrogen-bond acceptors (Lipinski definition) is 6. The van der Waals surface area contributed by atoms with Crippen LogP contribution in [-0.2, 0) is 10.2 Å². The van der Waals surface area contributed by atoms with E-state index in [2.05, 4.69) is 5.32 Å². The van der Waals surface area contributed by atoms with E-state index in [1.165, 1.54) is 0 Å². The van der Waals surface area contributed by atoms with Gasteiger partial charge in [0.05, 0.1) is 24.1 Å². The van der Waals surface area contributed by atoms with E-state index >= 15 is 0 Å². The van der Waals surface area contributed by atoms with Crippen molar-refractivity contribution in [1.29, 1.82) is 0 Å². The largest absolute Gasteiger partial charge is 0.497 e. The van der Waals surface area contributed by atoms with Crippen LogP contribution >= 0.6 is 0 Å². The van der Waals surface area contributed by atoms with E-state index in [4.69, 9.17) is 18.9 Å². The number of rotatable bonds is 6. The molecule has 3 aromatic carbocycles.